The largest absolute Gasteiger partial charge is 0.497 e. The van der Waals surface area contributed by atoms with Crippen LogP contribution in [0.25, 0.3) is 0 Å². The number of anilines is 3. The number of nitrogens with one attached hydrogen (secondary N) is 1. The molecule has 0 unspecified atom stereocenters. The summed E-state index contributed by atoms with van der Waals surface area (Å²) < 4.78 is 5.24. The van der Waals surface area contributed by atoms with Gasteiger partial charge in [0.2, 0.25) is 5.91 Å². The van der Waals surface area contributed by atoms with Crippen LogP contribution in [-0.2, 0) is 4.79 Å². The highest BCUT2D eigenvalue weighted by Gasteiger charge is 2.20. The number of ether oxygens (including phenoxy) is 1. The van der Waals surface area contributed by atoms with E-state index in [1.165, 1.54) is 17.4 Å². The predicted octanol–water partition coefficient (Wildman–Crippen LogP) is 4.50. The molecule has 0 aliphatic carbocycles. The highest BCUT2D eigenvalue weighted by molar-refractivity contribution is 7.99. The van der Waals surface area contributed by atoms with E-state index < -0.39 is 0 Å². The molecule has 4 rings (SSSR count). The Balaban J connectivity index is 1.33. The van der Waals surface area contributed by atoms with Crippen molar-refractivity contribution in [1.82, 2.24) is 9.97 Å². The standard InChI is InChI=1S/C24H26ClN5O2S/c1-17-3-5-18(6-4-17)26-23(31)16-33-24-27-21(25)15-22(28-24)30-13-11-29(12-14-30)19-7-9-20(32-2)10-8-19/h3-10,15H,11-14,16H2,1-2H3,(H,26,31). The number of benzene rings is 2. The Morgan fingerprint density at radius 2 is 1.70 bits per heavy atom. The number of nitrogens with zero attached hydrogens (tertiary/aromatic N) is 4. The second kappa shape index (κ2) is 10.8. The molecule has 1 saturated heterocycles. The van der Waals surface area contributed by atoms with Crippen molar-refractivity contribution in [2.45, 2.75) is 12.1 Å². The molecule has 1 N–H and O–H groups in total. The number of hydrogen-bond acceptors (Lipinski definition) is 7. The number of aromatic nitrogens is 2. The van der Waals surface area contributed by atoms with Crippen molar-refractivity contribution < 1.29 is 9.53 Å². The van der Waals surface area contributed by atoms with Gasteiger partial charge in [-0.15, -0.1) is 0 Å². The first-order valence-corrected chi connectivity index (χ1v) is 12.0. The third kappa shape index (κ3) is 6.30. The molecule has 0 saturated carbocycles. The molecule has 1 aromatic heterocycles. The number of carbonyl (C=O) groups is 1. The molecule has 1 aliphatic rings. The van der Waals surface area contributed by atoms with E-state index in [1.54, 1.807) is 13.2 Å². The van der Waals surface area contributed by atoms with Crippen molar-refractivity contribution in [1.29, 1.82) is 0 Å². The molecule has 172 valence electrons. The van der Waals surface area contributed by atoms with Crippen molar-refractivity contribution in [3.8, 4) is 5.75 Å². The number of amides is 1. The van der Waals surface area contributed by atoms with E-state index in [9.17, 15) is 4.79 Å². The first kappa shape index (κ1) is 23.2. The summed E-state index contributed by atoms with van der Waals surface area (Å²) in [5.74, 6) is 1.73. The lowest BCUT2D eigenvalue weighted by atomic mass is 10.2. The third-order valence-corrected chi connectivity index (χ3v) is 6.41. The van der Waals surface area contributed by atoms with Crippen LogP contribution in [-0.4, -0.2) is 54.9 Å². The van der Waals surface area contributed by atoms with Gasteiger partial charge in [-0.3, -0.25) is 4.79 Å². The zero-order valence-corrected chi connectivity index (χ0v) is 20.2. The molecule has 2 aromatic carbocycles. The van der Waals surface area contributed by atoms with Gasteiger partial charge in [-0.05, 0) is 43.3 Å². The average Bonchev–Trinajstić information content (AvgIpc) is 2.84. The molecule has 1 fully saturated rings. The minimum atomic E-state index is -0.109. The summed E-state index contributed by atoms with van der Waals surface area (Å²) >= 11 is 7.54. The fourth-order valence-corrected chi connectivity index (χ4v) is 4.44. The van der Waals surface area contributed by atoms with Crippen LogP contribution in [0.1, 0.15) is 5.56 Å². The zero-order valence-electron chi connectivity index (χ0n) is 18.6. The lowest BCUT2D eigenvalue weighted by Crippen LogP contribution is -2.46. The van der Waals surface area contributed by atoms with Crippen molar-refractivity contribution in [3.05, 3.63) is 65.3 Å². The van der Waals surface area contributed by atoms with Gasteiger partial charge in [-0.2, -0.15) is 0 Å². The van der Waals surface area contributed by atoms with Crippen molar-refractivity contribution in [3.63, 3.8) is 0 Å². The number of hydrogen-bond donors (Lipinski definition) is 1. The maximum atomic E-state index is 12.3. The predicted molar refractivity (Wildman–Crippen MR) is 135 cm³/mol. The summed E-state index contributed by atoms with van der Waals surface area (Å²) in [5, 5.41) is 3.76. The van der Waals surface area contributed by atoms with Crippen LogP contribution in [0.15, 0.2) is 59.8 Å². The van der Waals surface area contributed by atoms with Crippen LogP contribution >= 0.6 is 23.4 Å². The zero-order chi connectivity index (χ0) is 23.2. The number of halogens is 1. The van der Waals surface area contributed by atoms with E-state index >= 15 is 0 Å². The number of thioether (sulfide) groups is 1. The SMILES string of the molecule is COc1ccc(N2CCN(c3cc(Cl)nc(SCC(=O)Nc4ccc(C)cc4)n3)CC2)cc1. The second-order valence-corrected chi connectivity index (χ2v) is 9.04. The summed E-state index contributed by atoms with van der Waals surface area (Å²) in [7, 11) is 1.67. The van der Waals surface area contributed by atoms with Crippen molar-refractivity contribution in [2.24, 2.45) is 0 Å². The normalized spacial score (nSPS) is 13.7. The Morgan fingerprint density at radius 3 is 2.36 bits per heavy atom. The van der Waals surface area contributed by atoms with Crippen molar-refractivity contribution >= 4 is 46.5 Å². The minimum Gasteiger partial charge on any atom is -0.497 e. The van der Waals surface area contributed by atoms with Gasteiger partial charge in [0.1, 0.15) is 16.7 Å². The van der Waals surface area contributed by atoms with Gasteiger partial charge in [0.15, 0.2) is 5.16 Å². The molecular weight excluding hydrogens is 458 g/mol. The van der Waals surface area contributed by atoms with Gasteiger partial charge in [-0.1, -0.05) is 41.1 Å². The Kier molecular flexibility index (Phi) is 7.57. The Hall–Kier alpha value is -2.97. The van der Waals surface area contributed by atoms with Crippen LogP contribution in [0.2, 0.25) is 5.15 Å². The van der Waals surface area contributed by atoms with Crippen LogP contribution in [0.4, 0.5) is 17.2 Å². The first-order valence-electron chi connectivity index (χ1n) is 10.7. The highest BCUT2D eigenvalue weighted by atomic mass is 35.5. The molecule has 2 heterocycles. The molecular formula is C24H26ClN5O2S. The smallest absolute Gasteiger partial charge is 0.234 e. The van der Waals surface area contributed by atoms with E-state index in [-0.39, 0.29) is 11.7 Å². The van der Waals surface area contributed by atoms with Crippen LogP contribution in [0, 0.1) is 6.92 Å². The molecule has 0 bridgehead atoms. The molecule has 33 heavy (non-hydrogen) atoms. The van der Waals surface area contributed by atoms with E-state index in [2.05, 4.69) is 37.2 Å². The Morgan fingerprint density at radius 1 is 1.03 bits per heavy atom. The summed E-state index contributed by atoms with van der Waals surface area (Å²) in [6, 6.07) is 17.6. The fourth-order valence-electron chi connectivity index (χ4n) is 3.56. The summed E-state index contributed by atoms with van der Waals surface area (Å²) in [6.07, 6.45) is 0. The highest BCUT2D eigenvalue weighted by Crippen LogP contribution is 2.25. The minimum absolute atomic E-state index is 0.109. The third-order valence-electron chi connectivity index (χ3n) is 5.37. The van der Waals surface area contributed by atoms with Gasteiger partial charge < -0.3 is 19.9 Å². The van der Waals surface area contributed by atoms with Gasteiger partial charge in [0.25, 0.3) is 0 Å². The average molecular weight is 484 g/mol. The lowest BCUT2D eigenvalue weighted by Gasteiger charge is -2.36. The molecule has 9 heteroatoms. The summed E-state index contributed by atoms with van der Waals surface area (Å²) in [4.78, 5) is 25.8. The summed E-state index contributed by atoms with van der Waals surface area (Å²) in [5.41, 5.74) is 3.09. The van der Waals surface area contributed by atoms with Gasteiger partial charge in [-0.25, -0.2) is 9.97 Å². The Bertz CT molecular complexity index is 1090. The fraction of sp³-hybridized carbons (Fsp3) is 0.292. The van der Waals surface area contributed by atoms with E-state index in [4.69, 9.17) is 16.3 Å². The number of methoxy groups -OCH3 is 1. The first-order chi connectivity index (χ1) is 16.0. The number of rotatable bonds is 7. The van der Waals surface area contributed by atoms with E-state index in [0.29, 0.717) is 10.3 Å². The second-order valence-electron chi connectivity index (χ2n) is 7.71. The van der Waals surface area contributed by atoms with Gasteiger partial charge >= 0.3 is 0 Å². The maximum absolute atomic E-state index is 12.3. The number of aryl methyl sites for hydroxylation is 1. The monoisotopic (exact) mass is 483 g/mol. The van der Waals surface area contributed by atoms with Crippen molar-refractivity contribution in [2.75, 3.05) is 54.2 Å². The van der Waals surface area contributed by atoms with E-state index in [0.717, 1.165) is 49.0 Å². The molecule has 7 nitrogen and oxygen atoms in total. The van der Waals surface area contributed by atoms with Crippen LogP contribution < -0.4 is 19.9 Å². The quantitative estimate of drug-likeness (QED) is 0.301. The molecule has 0 atom stereocenters. The maximum Gasteiger partial charge on any atom is 0.234 e. The number of piperazine rings is 1. The van der Waals surface area contributed by atoms with Gasteiger partial charge in [0, 0.05) is 43.6 Å². The van der Waals surface area contributed by atoms with E-state index in [1.807, 2.05) is 43.3 Å². The lowest BCUT2D eigenvalue weighted by molar-refractivity contribution is -0.113. The van der Waals surface area contributed by atoms with Gasteiger partial charge in [0.05, 0.1) is 12.9 Å². The molecule has 3 aromatic rings. The Labute approximate surface area is 203 Å². The molecule has 0 spiro atoms. The topological polar surface area (TPSA) is 70.6 Å². The van der Waals surface area contributed by atoms with Crippen LogP contribution in [0.5, 0.6) is 5.75 Å². The summed E-state index contributed by atoms with van der Waals surface area (Å²) in [6.45, 7) is 5.38. The van der Waals surface area contributed by atoms with Crippen LogP contribution in [0.3, 0.4) is 0 Å². The molecule has 1 amide bonds. The molecule has 1 aliphatic heterocycles. The number of carbonyl (C=O) groups excluding carboxylic acids is 1. The molecule has 0 radical (unpaired) electrons.